The van der Waals surface area contributed by atoms with E-state index in [0.717, 1.165) is 6.92 Å². The van der Waals surface area contributed by atoms with Crippen LogP contribution in [0.5, 0.6) is 5.75 Å². The highest BCUT2D eigenvalue weighted by atomic mass is 32.1. The van der Waals surface area contributed by atoms with Gasteiger partial charge in [-0.2, -0.15) is 25.3 Å². The number of aromatic amines is 2. The molecule has 0 fully saturated rings. The number of primary amides is 3. The van der Waals surface area contributed by atoms with Gasteiger partial charge in [-0.25, -0.2) is 0 Å². The minimum atomic E-state index is -1.87. The maximum Gasteiger partial charge on any atom is 0.246 e. The number of rotatable bonds is 55. The fourth-order valence-corrected chi connectivity index (χ4v) is 13.1. The Hall–Kier alpha value is -12.3. The molecule has 4 aromatic carbocycles. The minimum Gasteiger partial charge on any atom is -0.508 e. The Bertz CT molecular complexity index is 4600. The molecule has 2 aromatic heterocycles. The molecule has 668 valence electrons. The third-order valence-corrected chi connectivity index (χ3v) is 20.2. The van der Waals surface area contributed by atoms with Gasteiger partial charge in [0.1, 0.15) is 78.8 Å². The fraction of sp³-hybridized carbons (Fsp3) is 0.450. The number of thiol groups is 2. The third kappa shape index (κ3) is 33.2. The van der Waals surface area contributed by atoms with Gasteiger partial charge in [-0.3, -0.25) is 76.7 Å². The van der Waals surface area contributed by atoms with E-state index in [4.69, 9.17) is 44.9 Å². The highest BCUT2D eigenvalue weighted by Gasteiger charge is 2.38. The molecule has 31 N–H and O–H groups in total. The van der Waals surface area contributed by atoms with E-state index in [2.05, 4.69) is 104 Å². The van der Waals surface area contributed by atoms with Crippen LogP contribution in [0.25, 0.3) is 21.8 Å². The van der Waals surface area contributed by atoms with Crippen molar-refractivity contribution in [3.8, 4) is 5.75 Å². The highest BCUT2D eigenvalue weighted by molar-refractivity contribution is 7.80. The van der Waals surface area contributed by atoms with E-state index in [-0.39, 0.29) is 82.6 Å². The Balaban J connectivity index is 1.21. The number of aromatic hydroxyl groups is 1. The molecule has 43 heteroatoms. The average Bonchev–Trinajstić information content (AvgIpc) is 1.72. The number of nitrogens with two attached hydrogens (primary N) is 7. The largest absolute Gasteiger partial charge is 0.508 e. The van der Waals surface area contributed by atoms with E-state index in [1.54, 1.807) is 91.3 Å². The number of carbonyl (C=O) groups excluding carboxylic acids is 16. The van der Waals surface area contributed by atoms with Gasteiger partial charge < -0.3 is 134 Å². The zero-order valence-electron chi connectivity index (χ0n) is 67.8. The second kappa shape index (κ2) is 51.5. The minimum absolute atomic E-state index is 0.00517. The quantitative estimate of drug-likeness (QED) is 0.0125. The number of unbranched alkanes of at least 4 members (excludes halogenated alkanes) is 1. The van der Waals surface area contributed by atoms with Crippen LogP contribution in [0.3, 0.4) is 0 Å². The van der Waals surface area contributed by atoms with Crippen molar-refractivity contribution >= 4 is 142 Å². The number of nitrogens with one attached hydrogen (secondary N) is 15. The third-order valence-electron chi connectivity index (χ3n) is 19.5. The van der Waals surface area contributed by atoms with Gasteiger partial charge in [0.2, 0.25) is 94.5 Å². The van der Waals surface area contributed by atoms with Crippen LogP contribution in [-0.4, -0.2) is 251 Å². The van der Waals surface area contributed by atoms with Gasteiger partial charge in [-0.15, -0.1) is 0 Å². The first-order valence-electron chi connectivity index (χ1n) is 39.7. The maximum atomic E-state index is 15.2. The van der Waals surface area contributed by atoms with Crippen molar-refractivity contribution in [3.05, 3.63) is 138 Å². The molecule has 2 heterocycles. The number of aliphatic hydroxyl groups excluding tert-OH is 1. The molecule has 123 heavy (non-hydrogen) atoms. The lowest BCUT2D eigenvalue weighted by molar-refractivity contribution is -0.137. The van der Waals surface area contributed by atoms with Gasteiger partial charge in [0, 0.05) is 97.3 Å². The predicted octanol–water partition coefficient (Wildman–Crippen LogP) is -6.38. The molecule has 0 unspecified atom stereocenters. The van der Waals surface area contributed by atoms with E-state index in [1.807, 2.05) is 0 Å². The van der Waals surface area contributed by atoms with E-state index in [1.165, 1.54) is 24.3 Å². The molecule has 0 aliphatic carbocycles. The zero-order chi connectivity index (χ0) is 90.2. The number of phenols is 1. The van der Waals surface area contributed by atoms with Gasteiger partial charge in [0.05, 0.1) is 25.3 Å². The predicted molar refractivity (Wildman–Crippen MR) is 458 cm³/mol. The smallest absolute Gasteiger partial charge is 0.246 e. The van der Waals surface area contributed by atoms with Crippen LogP contribution in [0.4, 0.5) is 0 Å². The van der Waals surface area contributed by atoms with Crippen molar-refractivity contribution in [1.82, 2.24) is 79.1 Å². The summed E-state index contributed by atoms with van der Waals surface area (Å²) in [7, 11) is 0. The first kappa shape index (κ1) is 99.6. The molecule has 0 aliphatic heterocycles. The number of H-pyrrole nitrogens is 2. The summed E-state index contributed by atoms with van der Waals surface area (Å²) in [6.07, 6.45) is -0.151. The molecule has 0 aliphatic rings. The number of ether oxygens (including phenoxy) is 1. The molecule has 41 nitrogen and oxygen atoms in total. The number of carbonyl (C=O) groups is 16. The summed E-state index contributed by atoms with van der Waals surface area (Å²) < 4.78 is 5.33. The molecule has 0 bridgehead atoms. The zero-order valence-corrected chi connectivity index (χ0v) is 69.6. The summed E-state index contributed by atoms with van der Waals surface area (Å²) in [5.41, 5.74) is 42.9. The number of amides is 16. The summed E-state index contributed by atoms with van der Waals surface area (Å²) in [6.45, 7) is -0.312. The SMILES string of the molecule is C[C@@H](O)[C@H](NC(=O)[C@H](CCC(N)=O)NC(=O)[C@@H](N)CS)C(=O)N[C@@H](Cc1c[nH]c2ccccc12)C(=O)N[C@@H](CCC(N)=O)C(=O)N[C@@H](CS)C(=O)N[C@@H](Cc1ccc(O)cc1)C(=O)N[C@@H](Cc1c[nH]c2ccccc12)C(=O)N[C@@H](CCCN)C(=O)N[C@@H](CN)C(=O)N[C@@H](Cc1ccccc1)C(=O)NCC(=O)NCCOCC(=O)N[C@H](CCCCN)C(N)=O. The van der Waals surface area contributed by atoms with Gasteiger partial charge in [0.25, 0.3) is 0 Å². The molecule has 0 saturated carbocycles. The van der Waals surface area contributed by atoms with Crippen LogP contribution >= 0.6 is 25.3 Å². The van der Waals surface area contributed by atoms with Crippen LogP contribution in [0.15, 0.2) is 116 Å². The number of hydrogen-bond donors (Lipinski definition) is 26. The molecular weight excluding hydrogens is 1640 g/mol. The number of benzene rings is 4. The molecule has 16 amide bonds. The van der Waals surface area contributed by atoms with Crippen LogP contribution in [0, 0.1) is 0 Å². The lowest BCUT2D eigenvalue weighted by atomic mass is 10.0. The van der Waals surface area contributed by atoms with Crippen LogP contribution in [0.2, 0.25) is 0 Å². The number of hydrogen-bond acceptors (Lipinski definition) is 25. The molecular formula is C80H112N22O19S2. The number of phenolic OH excluding ortho intramolecular Hbond substituents is 1. The molecule has 6 aromatic rings. The molecule has 13 atom stereocenters. The second-order valence-electron chi connectivity index (χ2n) is 29.0. The van der Waals surface area contributed by atoms with E-state index >= 15 is 9.59 Å². The fourth-order valence-electron chi connectivity index (χ4n) is 12.7. The summed E-state index contributed by atoms with van der Waals surface area (Å²) in [4.78, 5) is 226. The molecule has 0 saturated heterocycles. The van der Waals surface area contributed by atoms with Crippen molar-refractivity contribution in [2.75, 3.05) is 57.4 Å². The molecule has 6 rings (SSSR count). The van der Waals surface area contributed by atoms with Gasteiger partial charge in [-0.05, 0) is 111 Å². The Morgan fingerprint density at radius 2 is 0.846 bits per heavy atom. The molecule has 0 radical (unpaired) electrons. The van der Waals surface area contributed by atoms with Gasteiger partial charge in [-0.1, -0.05) is 78.9 Å². The number of aliphatic hydroxyl groups is 1. The maximum absolute atomic E-state index is 15.2. The Morgan fingerprint density at radius 1 is 0.423 bits per heavy atom. The Morgan fingerprint density at radius 3 is 1.34 bits per heavy atom. The summed E-state index contributed by atoms with van der Waals surface area (Å²) >= 11 is 8.39. The lowest BCUT2D eigenvalue weighted by Gasteiger charge is -2.28. The van der Waals surface area contributed by atoms with Gasteiger partial charge >= 0.3 is 0 Å². The van der Waals surface area contributed by atoms with Crippen LogP contribution in [-0.2, 0) is 107 Å². The number of para-hydroxylation sites is 2. The summed E-state index contributed by atoms with van der Waals surface area (Å²) in [5, 5.41) is 55.5. The van der Waals surface area contributed by atoms with Crippen molar-refractivity contribution < 1.29 is 91.7 Å². The summed E-state index contributed by atoms with van der Waals surface area (Å²) in [5.74, 6) is -15.8. The van der Waals surface area contributed by atoms with E-state index < -0.39 is 218 Å². The standard InChI is InChI=1S/C80H112N22O19S2/c1-43(103)68(102-74(114)57(25-27-65(86)106)93-70(110)51(84)41-122)80(120)99-61(35-47-38-90-53-17-8-6-15-50(47)53)77(117)95-56(24-26-64(85)105)73(113)101-63(42-123)79(119)97-59(33-45-20-22-48(104)23-21-45)75(115)98-60(34-46-37-89-52-16-7-5-14-49(46)52)76(116)94-55(19-11-29-82)72(112)100-62(36-83)78(118)96-58(32-44-12-3-2-4-13-44)71(111)91-39-66(107)88-30-31-121-40-67(108)92-54(69(87)109)18-9-10-28-81/h2-8,12-17,20-23,37-38,43,51,54-63,68,89-90,103-104,122-123H,9-11,18-19,24-36,39-42,81-84H2,1H3,(H2,85,105)(H2,86,106)(H2,87,109)(H,88,107)(H,91,111)(H,92,108)(H,93,110)(H,94,116)(H,95,117)(H,96,118)(H,97,119)(H,98,115)(H,99,120)(H,100,112)(H,101,113)(H,102,114)/t43-,51+,54-,55+,56+,57+,58+,59+,60+,61+,62+,63+,68+/m1/s1. The van der Waals surface area contributed by atoms with Crippen LogP contribution in [0.1, 0.15) is 87.0 Å². The Kier molecular flexibility index (Phi) is 41.7. The van der Waals surface area contributed by atoms with Crippen molar-refractivity contribution in [1.29, 1.82) is 0 Å². The van der Waals surface area contributed by atoms with Crippen molar-refractivity contribution in [2.24, 2.45) is 40.1 Å². The topological polar surface area (TPSA) is 693 Å². The highest BCUT2D eigenvalue weighted by Crippen LogP contribution is 2.23. The average molecular weight is 1750 g/mol. The van der Waals surface area contributed by atoms with Crippen LogP contribution < -0.4 is 109 Å². The first-order valence-corrected chi connectivity index (χ1v) is 41.0. The van der Waals surface area contributed by atoms with Crippen molar-refractivity contribution in [2.45, 2.75) is 169 Å². The monoisotopic (exact) mass is 1750 g/mol. The van der Waals surface area contributed by atoms with Gasteiger partial charge in [0.15, 0.2) is 0 Å². The van der Waals surface area contributed by atoms with E-state index in [0.29, 0.717) is 63.4 Å². The summed E-state index contributed by atoms with van der Waals surface area (Å²) in [6, 6.07) is 9.36. The second-order valence-corrected chi connectivity index (χ2v) is 29.8. The lowest BCUT2D eigenvalue weighted by Crippen LogP contribution is -2.62. The molecule has 0 spiro atoms. The Labute approximate surface area is 718 Å². The number of aromatic nitrogens is 2. The number of fused-ring (bicyclic) bond motifs is 2. The first-order chi connectivity index (χ1) is 58.8. The van der Waals surface area contributed by atoms with E-state index in [9.17, 15) is 77.3 Å². The normalized spacial score (nSPS) is 14.3. The van der Waals surface area contributed by atoms with Crippen molar-refractivity contribution in [3.63, 3.8) is 0 Å².